The van der Waals surface area contributed by atoms with E-state index in [4.69, 9.17) is 81.4 Å². The molecule has 16 aromatic rings. The van der Waals surface area contributed by atoms with Gasteiger partial charge >= 0.3 is 0 Å². The number of phenolic OH excluding ortho intramolecular Hbond substituents is 3. The Morgan fingerprint density at radius 3 is 1.26 bits per heavy atom. The number of rotatable bonds is 19. The Morgan fingerprint density at radius 2 is 0.820 bits per heavy atom. The van der Waals surface area contributed by atoms with E-state index in [2.05, 4.69) is 123 Å². The van der Waals surface area contributed by atoms with Crippen LogP contribution in [0.4, 0.5) is 29.7 Å². The highest BCUT2D eigenvalue weighted by Gasteiger charge is 2.31. The number of hydrogen-bond donors (Lipinski definition) is 4. The van der Waals surface area contributed by atoms with Gasteiger partial charge in [0.05, 0.1) is 117 Å². The van der Waals surface area contributed by atoms with Crippen LogP contribution >= 0.6 is 0 Å². The third-order valence-corrected chi connectivity index (χ3v) is 26.3. The minimum Gasteiger partial charge on any atom is -0.508 e. The molecule has 1 atom stereocenters. The summed E-state index contributed by atoms with van der Waals surface area (Å²) in [5.74, 6) is 14.1. The zero-order chi connectivity index (χ0) is 94.9. The molecule has 0 amide bonds. The predicted molar refractivity (Wildman–Crippen MR) is 536 cm³/mol. The number of phenols is 3. The first-order chi connectivity index (χ1) is 68.0. The molecule has 5 aliphatic heterocycles. The summed E-state index contributed by atoms with van der Waals surface area (Å²) in [6, 6.07) is 39.4. The summed E-state index contributed by atoms with van der Waals surface area (Å²) in [4.78, 5) is 95.9. The molecule has 139 heavy (non-hydrogen) atoms. The lowest BCUT2D eigenvalue weighted by molar-refractivity contribution is 0.122. The Labute approximate surface area is 801 Å². The summed E-state index contributed by atoms with van der Waals surface area (Å²) in [5, 5.41) is 29.8. The second kappa shape index (κ2) is 41.4. The van der Waals surface area contributed by atoms with Crippen molar-refractivity contribution >= 4 is 107 Å². The van der Waals surface area contributed by atoms with Crippen molar-refractivity contribution in [3.63, 3.8) is 0 Å². The third-order valence-electron chi connectivity index (χ3n) is 25.4. The van der Waals surface area contributed by atoms with E-state index < -0.39 is 9.52 Å². The van der Waals surface area contributed by atoms with Gasteiger partial charge in [-0.2, -0.15) is 24.9 Å². The first-order valence-corrected chi connectivity index (χ1v) is 49.2. The van der Waals surface area contributed by atoms with Crippen LogP contribution in [0.3, 0.4) is 0 Å². The van der Waals surface area contributed by atoms with Crippen LogP contribution in [0.2, 0.25) is 0 Å². The number of pyridine rings is 1. The van der Waals surface area contributed by atoms with Crippen LogP contribution in [0.5, 0.6) is 17.2 Å². The molecule has 24 rings (SSSR count). The summed E-state index contributed by atoms with van der Waals surface area (Å²) in [6.07, 6.45) is 36.1. The van der Waals surface area contributed by atoms with Gasteiger partial charge in [0, 0.05) is 130 Å². The lowest BCUT2D eigenvalue weighted by Crippen LogP contribution is -2.37. The van der Waals surface area contributed by atoms with Gasteiger partial charge in [0.2, 0.25) is 35.3 Å². The van der Waals surface area contributed by atoms with Gasteiger partial charge in [0.15, 0.2) is 28.2 Å². The molecule has 36 nitrogen and oxygen atoms in total. The predicted octanol–water partition coefficient (Wildman–Crippen LogP) is 11.7. The van der Waals surface area contributed by atoms with E-state index in [0.717, 1.165) is 169 Å². The van der Waals surface area contributed by atoms with E-state index in [0.29, 0.717) is 166 Å². The number of morpholine rings is 5. The molecule has 4 N–H and O–H groups in total. The van der Waals surface area contributed by atoms with Gasteiger partial charge in [-0.1, -0.05) is 116 Å². The number of aromatic nitrogens is 21. The molecule has 7 fully saturated rings. The monoisotopic (exact) mass is 1890 g/mol. The Hall–Kier alpha value is -15.1. The zero-order valence-electron chi connectivity index (χ0n) is 77.2. The molecule has 3 aliphatic carbocycles. The molecular weight excluding hydrogens is 1780 g/mol. The summed E-state index contributed by atoms with van der Waals surface area (Å²) in [7, 11) is -2.12. The van der Waals surface area contributed by atoms with Crippen LogP contribution < -0.4 is 30.1 Å². The molecule has 37 heteroatoms. The van der Waals surface area contributed by atoms with Gasteiger partial charge < -0.3 is 91.3 Å². The SMILES string of the molecule is C#CCn1cnc2c(-c3ccc(=O)[nH]c3)nc(N3CCOCC3)nc21.C#CCn1cnc2c(-c3cccc(O)c3)nc(N3CCOCC3)nc21.C1=Cc2c(cccc2-c2nc(N3CCOCC3)nc3c2ncn3CC2CC2)C1.C=S(C)(=O)Cc1cccc(Cn2cnc3c(-c4cccc(O)c4)nc(N4CCOCC4)nc32)c1.Oc1cccc(-c2nc(N3CCOCC3)nc3c2ncn3C2CCCC2)c1. The molecule has 16 heterocycles. The van der Waals surface area contributed by atoms with E-state index in [-0.39, 0.29) is 22.8 Å². The van der Waals surface area contributed by atoms with Crippen molar-refractivity contribution in [2.24, 2.45) is 5.92 Å². The second-order valence-corrected chi connectivity index (χ2v) is 38.1. The number of imidazole rings is 5. The molecule has 710 valence electrons. The van der Waals surface area contributed by atoms with Crippen molar-refractivity contribution in [2.45, 2.75) is 82.9 Å². The van der Waals surface area contributed by atoms with Crippen LogP contribution in [0.25, 0.3) is 118 Å². The highest BCUT2D eigenvalue weighted by molar-refractivity contribution is 7.98. The number of anilines is 5. The number of fused-ring (bicyclic) bond motifs is 6. The molecular formula is C102H106N26O10S. The molecule has 2 saturated carbocycles. The number of allylic oxidation sites excluding steroid dienone is 1. The number of hydrogen-bond acceptors (Lipinski definition) is 30. The van der Waals surface area contributed by atoms with Gasteiger partial charge in [-0.15, -0.1) is 12.8 Å². The Balaban J connectivity index is 0.000000107. The molecule has 0 bridgehead atoms. The normalized spacial score (nSPS) is 16.5. The topological polar surface area (TPSA) is 391 Å². The fraction of sp³-hybridized carbons (Fsp3) is 0.343. The molecule has 5 aromatic carbocycles. The summed E-state index contributed by atoms with van der Waals surface area (Å²) in [6.45, 7) is 16.5. The van der Waals surface area contributed by atoms with Gasteiger partial charge in [-0.05, 0) is 118 Å². The van der Waals surface area contributed by atoms with Crippen LogP contribution in [0.15, 0.2) is 176 Å². The number of H-pyrrole nitrogens is 1. The minimum absolute atomic E-state index is 0.166. The standard InChI is InChI=1S/C25H27N5O3S.C22H23N5O.C20H23N5O2.C18H17N5O2.C17H16N6O2/c1-34(2,32)16-19-6-3-5-18(13-19)15-30-17-26-23-22(20-7-4-8-21(31)14-20)27-25(28-24(23)30)29-9-11-33-12-10-29;1-3-16-4-2-6-18(17(16)5-1)19-20-21(27(14-23-20)13-15-7-8-15)25-22(24-19)26-9-11-28-12-10-26;26-16-7-3-4-14(12-16)17-18-19(25(13-21-18)15-5-1-2-6-15)23-20(22-17)24-8-10-27-11-9-24;1-2-6-23-12-19-16-15(13-4-3-5-14(24)11-13)20-18(21-17(16)23)22-7-9-25-10-8-22;1-2-5-23-11-19-15-14(12-3-4-13(24)18-10-12)20-17(21-16(15)23)22-6-8-25-9-7-22/h3-8,13-14,17,31H,1,9-12,15-16H2,2H3;1-2,4-6,14-15H,3,7-13H2;3-4,7,12-13,15,26H,1-2,5-6,8-11H2;1,3-5,11-12,24H,6-10H2;1,3-4,10-11H,5-9H2,(H,18,24). The molecule has 0 spiro atoms. The fourth-order valence-electron chi connectivity index (χ4n) is 18.2. The quantitative estimate of drug-likeness (QED) is 0.0431. The van der Waals surface area contributed by atoms with Gasteiger partial charge in [0.25, 0.3) is 0 Å². The maximum absolute atomic E-state index is 12.2. The second-order valence-electron chi connectivity index (χ2n) is 35.4. The van der Waals surface area contributed by atoms with E-state index in [1.807, 2.05) is 68.8 Å². The zero-order valence-corrected chi connectivity index (χ0v) is 78.0. The van der Waals surface area contributed by atoms with Crippen molar-refractivity contribution < 1.29 is 43.2 Å². The van der Waals surface area contributed by atoms with Crippen LogP contribution in [-0.4, -0.2) is 266 Å². The number of nitrogens with zero attached hydrogens (tertiary/aromatic N) is 25. The van der Waals surface area contributed by atoms with Crippen LogP contribution in [0.1, 0.15) is 66.8 Å². The first kappa shape index (κ1) is 91.6. The number of ether oxygens (including phenoxy) is 5. The highest BCUT2D eigenvalue weighted by Crippen LogP contribution is 2.41. The molecule has 1 unspecified atom stereocenters. The van der Waals surface area contributed by atoms with Gasteiger partial charge in [-0.25, -0.2) is 49.8 Å². The van der Waals surface area contributed by atoms with Crippen molar-refractivity contribution in [1.82, 2.24) is 103 Å². The Morgan fingerprint density at radius 1 is 0.432 bits per heavy atom. The summed E-state index contributed by atoms with van der Waals surface area (Å²) >= 11 is 0. The smallest absolute Gasteiger partial charge is 0.247 e. The third kappa shape index (κ3) is 20.9. The summed E-state index contributed by atoms with van der Waals surface area (Å²) < 4.78 is 49.6. The number of nitrogens with one attached hydrogen (secondary N) is 1. The van der Waals surface area contributed by atoms with E-state index in [9.17, 15) is 24.3 Å². The number of aromatic amines is 1. The Bertz CT molecular complexity index is 7440. The maximum atomic E-state index is 12.2. The van der Waals surface area contributed by atoms with Crippen LogP contribution in [0, 0.1) is 30.6 Å². The van der Waals surface area contributed by atoms with Crippen molar-refractivity contribution in [3.05, 3.63) is 204 Å². The molecule has 5 saturated heterocycles. The van der Waals surface area contributed by atoms with E-state index in [1.54, 1.807) is 86.0 Å². The lowest BCUT2D eigenvalue weighted by Gasteiger charge is -2.27. The number of benzene rings is 5. The fourth-order valence-corrected chi connectivity index (χ4v) is 19.1. The maximum Gasteiger partial charge on any atom is 0.247 e. The minimum atomic E-state index is -2.12. The van der Waals surface area contributed by atoms with E-state index >= 15 is 0 Å². The number of aromatic hydroxyl groups is 3. The van der Waals surface area contributed by atoms with E-state index in [1.165, 1.54) is 55.7 Å². The van der Waals surface area contributed by atoms with Crippen LogP contribution in [-0.2, 0) is 71.6 Å². The molecule has 8 aliphatic rings. The van der Waals surface area contributed by atoms with Crippen molar-refractivity contribution in [1.29, 1.82) is 0 Å². The average molecular weight is 1890 g/mol. The number of terminal acetylenes is 2. The molecule has 11 aromatic heterocycles. The Kier molecular flexibility index (Phi) is 27.3. The lowest BCUT2D eigenvalue weighted by atomic mass is 10.0. The average Bonchev–Trinajstić information content (AvgIpc) is 1.64. The van der Waals surface area contributed by atoms with Gasteiger partial charge in [-0.3, -0.25) is 9.00 Å². The highest BCUT2D eigenvalue weighted by atomic mass is 32.2. The largest absolute Gasteiger partial charge is 0.508 e. The summed E-state index contributed by atoms with van der Waals surface area (Å²) in [5.41, 5.74) is 20.2. The van der Waals surface area contributed by atoms with Gasteiger partial charge in [0.1, 0.15) is 73.3 Å². The van der Waals surface area contributed by atoms with Crippen molar-refractivity contribution in [2.75, 3.05) is 162 Å². The molecule has 0 radical (unpaired) electrons. The van der Waals surface area contributed by atoms with Crippen molar-refractivity contribution in [3.8, 4) is 98.2 Å². The first-order valence-electron chi connectivity index (χ1n) is 46.9.